The van der Waals surface area contributed by atoms with Gasteiger partial charge in [0.2, 0.25) is 0 Å². The first-order valence-electron chi connectivity index (χ1n) is 4.03. The molecule has 0 unspecified atom stereocenters. The fraction of sp³-hybridized carbons (Fsp3) is 0.273. The standard InChI is InChI=1S/C9H8.C2H7N/c1-2-6-9-7-4-3-5-8-9;1-2-3/h3-5,7-8H,1H3;2-3H2,1H3. The van der Waals surface area contributed by atoms with Crippen molar-refractivity contribution in [1.29, 1.82) is 0 Å². The van der Waals surface area contributed by atoms with Gasteiger partial charge < -0.3 is 5.73 Å². The molecule has 0 aliphatic heterocycles. The maximum absolute atomic E-state index is 4.85. The Bertz CT molecular complexity index is 241. The van der Waals surface area contributed by atoms with Gasteiger partial charge in [0.15, 0.2) is 0 Å². The van der Waals surface area contributed by atoms with Crippen molar-refractivity contribution in [2.75, 3.05) is 6.54 Å². The lowest BCUT2D eigenvalue weighted by molar-refractivity contribution is 1.14. The molecule has 0 atom stereocenters. The summed E-state index contributed by atoms with van der Waals surface area (Å²) in [5.74, 6) is 5.79. The third kappa shape index (κ3) is 5.52. The van der Waals surface area contributed by atoms with Crippen molar-refractivity contribution in [2.45, 2.75) is 13.8 Å². The second-order valence-electron chi connectivity index (χ2n) is 2.15. The largest absolute Gasteiger partial charge is 0.331 e. The molecule has 1 rings (SSSR count). The molecule has 0 spiro atoms. The molecular formula is C11H15N. The number of benzene rings is 1. The summed E-state index contributed by atoms with van der Waals surface area (Å²) < 4.78 is 0. The number of hydrogen-bond acceptors (Lipinski definition) is 1. The minimum Gasteiger partial charge on any atom is -0.331 e. The van der Waals surface area contributed by atoms with E-state index >= 15 is 0 Å². The molecule has 1 aromatic rings. The Morgan fingerprint density at radius 3 is 2.17 bits per heavy atom. The molecule has 0 radical (unpaired) electrons. The van der Waals surface area contributed by atoms with Gasteiger partial charge in [-0.1, -0.05) is 31.0 Å². The van der Waals surface area contributed by atoms with Crippen molar-refractivity contribution in [1.82, 2.24) is 0 Å². The Labute approximate surface area is 74.6 Å². The van der Waals surface area contributed by atoms with Crippen molar-refractivity contribution in [3.63, 3.8) is 0 Å². The highest BCUT2D eigenvalue weighted by Gasteiger charge is 1.77. The van der Waals surface area contributed by atoms with Crippen LogP contribution in [-0.2, 0) is 0 Å². The third-order valence-electron chi connectivity index (χ3n) is 1.04. The Balaban J connectivity index is 0.000000354. The highest BCUT2D eigenvalue weighted by molar-refractivity contribution is 5.32. The van der Waals surface area contributed by atoms with E-state index in [0.717, 1.165) is 12.1 Å². The SMILES string of the molecule is CC#Cc1ccccc1.CCN. The van der Waals surface area contributed by atoms with Crippen LogP contribution in [0.25, 0.3) is 0 Å². The number of hydrogen-bond donors (Lipinski definition) is 1. The molecule has 12 heavy (non-hydrogen) atoms. The molecule has 2 N–H and O–H groups in total. The summed E-state index contributed by atoms with van der Waals surface area (Å²) in [5, 5.41) is 0. The molecule has 0 saturated heterocycles. The molecule has 0 aromatic heterocycles. The van der Waals surface area contributed by atoms with Crippen LogP contribution in [0.3, 0.4) is 0 Å². The lowest BCUT2D eigenvalue weighted by atomic mass is 10.2. The highest BCUT2D eigenvalue weighted by Crippen LogP contribution is 1.93. The van der Waals surface area contributed by atoms with Crippen molar-refractivity contribution < 1.29 is 0 Å². The van der Waals surface area contributed by atoms with E-state index in [1.165, 1.54) is 0 Å². The minimum absolute atomic E-state index is 0.750. The van der Waals surface area contributed by atoms with Crippen molar-refractivity contribution in [2.24, 2.45) is 5.73 Å². The summed E-state index contributed by atoms with van der Waals surface area (Å²) in [5.41, 5.74) is 5.93. The Morgan fingerprint density at radius 2 is 1.75 bits per heavy atom. The van der Waals surface area contributed by atoms with Gasteiger partial charge in [-0.05, 0) is 25.6 Å². The second kappa shape index (κ2) is 7.84. The maximum Gasteiger partial charge on any atom is 0.0245 e. The van der Waals surface area contributed by atoms with Gasteiger partial charge in [0, 0.05) is 5.56 Å². The first-order chi connectivity index (χ1) is 5.85. The molecule has 1 aromatic carbocycles. The molecule has 0 aliphatic carbocycles. The maximum atomic E-state index is 4.85. The van der Waals surface area contributed by atoms with Gasteiger partial charge in [-0.15, -0.1) is 5.92 Å². The summed E-state index contributed by atoms with van der Waals surface area (Å²) in [6.07, 6.45) is 0. The Kier molecular flexibility index (Phi) is 7.02. The van der Waals surface area contributed by atoms with E-state index in [9.17, 15) is 0 Å². The van der Waals surface area contributed by atoms with Crippen LogP contribution in [0.4, 0.5) is 0 Å². The van der Waals surface area contributed by atoms with Crippen LogP contribution in [0.1, 0.15) is 19.4 Å². The molecule has 1 heteroatoms. The van der Waals surface area contributed by atoms with Gasteiger partial charge in [-0.25, -0.2) is 0 Å². The van der Waals surface area contributed by atoms with Crippen molar-refractivity contribution in [3.8, 4) is 11.8 Å². The summed E-state index contributed by atoms with van der Waals surface area (Å²) in [6.45, 7) is 4.49. The Morgan fingerprint density at radius 1 is 1.25 bits per heavy atom. The molecule has 0 heterocycles. The van der Waals surface area contributed by atoms with E-state index in [1.807, 2.05) is 44.2 Å². The Hall–Kier alpha value is -1.26. The summed E-state index contributed by atoms with van der Waals surface area (Å²) in [4.78, 5) is 0. The van der Waals surface area contributed by atoms with Gasteiger partial charge in [-0.3, -0.25) is 0 Å². The van der Waals surface area contributed by atoms with E-state index in [2.05, 4.69) is 11.8 Å². The molecule has 0 bridgehead atoms. The van der Waals surface area contributed by atoms with Crippen LogP contribution in [0.2, 0.25) is 0 Å². The lowest BCUT2D eigenvalue weighted by Crippen LogP contribution is -1.87. The van der Waals surface area contributed by atoms with Gasteiger partial charge in [0.05, 0.1) is 0 Å². The van der Waals surface area contributed by atoms with Gasteiger partial charge in [-0.2, -0.15) is 0 Å². The lowest BCUT2D eigenvalue weighted by Gasteiger charge is -1.83. The van der Waals surface area contributed by atoms with Crippen LogP contribution < -0.4 is 5.73 Å². The minimum atomic E-state index is 0.750. The highest BCUT2D eigenvalue weighted by atomic mass is 14.5. The summed E-state index contributed by atoms with van der Waals surface area (Å²) >= 11 is 0. The van der Waals surface area contributed by atoms with E-state index < -0.39 is 0 Å². The fourth-order valence-corrected chi connectivity index (χ4v) is 0.666. The number of nitrogens with two attached hydrogens (primary N) is 1. The number of rotatable bonds is 0. The molecular weight excluding hydrogens is 146 g/mol. The van der Waals surface area contributed by atoms with Crippen LogP contribution in [0, 0.1) is 11.8 Å². The average Bonchev–Trinajstić information content (AvgIpc) is 2.08. The molecule has 1 nitrogen and oxygen atoms in total. The first kappa shape index (κ1) is 10.7. The third-order valence-corrected chi connectivity index (χ3v) is 1.04. The predicted molar refractivity (Wildman–Crippen MR) is 53.7 cm³/mol. The fourth-order valence-electron chi connectivity index (χ4n) is 0.666. The molecule has 0 amide bonds. The molecule has 0 aliphatic rings. The van der Waals surface area contributed by atoms with Crippen LogP contribution in [0.15, 0.2) is 30.3 Å². The smallest absolute Gasteiger partial charge is 0.0245 e. The molecule has 0 saturated carbocycles. The molecule has 64 valence electrons. The van der Waals surface area contributed by atoms with Gasteiger partial charge >= 0.3 is 0 Å². The second-order valence-corrected chi connectivity index (χ2v) is 2.15. The quantitative estimate of drug-likeness (QED) is 0.579. The zero-order chi connectivity index (χ0) is 9.23. The zero-order valence-corrected chi connectivity index (χ0v) is 7.67. The van der Waals surface area contributed by atoms with Crippen LogP contribution in [0.5, 0.6) is 0 Å². The normalized spacial score (nSPS) is 7.25. The predicted octanol–water partition coefficient (Wildman–Crippen LogP) is 2.02. The van der Waals surface area contributed by atoms with Crippen molar-refractivity contribution >= 4 is 0 Å². The monoisotopic (exact) mass is 161 g/mol. The average molecular weight is 161 g/mol. The zero-order valence-electron chi connectivity index (χ0n) is 7.67. The van der Waals surface area contributed by atoms with E-state index in [0.29, 0.717) is 0 Å². The van der Waals surface area contributed by atoms with Gasteiger partial charge in [0.1, 0.15) is 0 Å². The van der Waals surface area contributed by atoms with E-state index in [4.69, 9.17) is 5.73 Å². The van der Waals surface area contributed by atoms with E-state index in [1.54, 1.807) is 0 Å². The topological polar surface area (TPSA) is 26.0 Å². The summed E-state index contributed by atoms with van der Waals surface area (Å²) in [6, 6.07) is 9.95. The van der Waals surface area contributed by atoms with Crippen molar-refractivity contribution in [3.05, 3.63) is 35.9 Å². The summed E-state index contributed by atoms with van der Waals surface area (Å²) in [7, 11) is 0. The first-order valence-corrected chi connectivity index (χ1v) is 4.03. The van der Waals surface area contributed by atoms with Gasteiger partial charge in [0.25, 0.3) is 0 Å². The van der Waals surface area contributed by atoms with E-state index in [-0.39, 0.29) is 0 Å². The molecule has 0 fully saturated rings. The van der Waals surface area contributed by atoms with Crippen LogP contribution in [-0.4, -0.2) is 6.54 Å². The van der Waals surface area contributed by atoms with Crippen LogP contribution >= 0.6 is 0 Å².